The van der Waals surface area contributed by atoms with Crippen LogP contribution in [0, 0.1) is 40.4 Å². The van der Waals surface area contributed by atoms with Crippen molar-refractivity contribution in [2.45, 2.75) is 106 Å². The molecule has 8 aromatic rings. The number of hydrogen-bond acceptors (Lipinski definition) is 8. The van der Waals surface area contributed by atoms with Gasteiger partial charge in [0.05, 0.1) is 41.2 Å². The number of halogens is 13. The van der Waals surface area contributed by atoms with E-state index in [-0.39, 0.29) is 59.3 Å². The summed E-state index contributed by atoms with van der Waals surface area (Å²) in [6.45, 7) is 17.4. The average molecular weight is 1440 g/mol. The molecule has 0 spiro atoms. The molecule has 3 saturated heterocycles. The summed E-state index contributed by atoms with van der Waals surface area (Å²) >= 11 is 12.5. The first-order valence-corrected chi connectivity index (χ1v) is 30.5. The molecule has 0 amide bonds. The van der Waals surface area contributed by atoms with Crippen LogP contribution in [0.25, 0.3) is 32.7 Å². The lowest BCUT2D eigenvalue weighted by Crippen LogP contribution is -3.00. The Balaban J connectivity index is 0.000000213. The molecule has 14 rings (SSSR count). The van der Waals surface area contributed by atoms with E-state index in [1.165, 1.54) is 0 Å². The normalized spacial score (nSPS) is 19.9. The number of pyridine rings is 2. The van der Waals surface area contributed by atoms with Crippen molar-refractivity contribution in [1.29, 1.82) is 0 Å². The van der Waals surface area contributed by atoms with Crippen molar-refractivity contribution in [3.8, 4) is 24.2 Å². The van der Waals surface area contributed by atoms with Crippen molar-refractivity contribution >= 4 is 83.7 Å². The Kier molecular flexibility index (Phi) is 24.8. The number of piperazine rings is 3. The van der Waals surface area contributed by atoms with Gasteiger partial charge in [0.1, 0.15) is 36.8 Å². The van der Waals surface area contributed by atoms with Crippen LogP contribution in [-0.4, -0.2) is 108 Å². The standard InChI is InChI=1S/C21H17F2N3O.C14H13BrF2N2O.C14H15BrN2O.C7H14ClFN2.C7H5N.CH3F.CH4.BF3.FH/c1-20(2)12-21(22,23)19-25-17-11-14(6-8-15-5-3-4-10-24-15)7-9-16(17)18(27)26(19)13-20;1-13(2)6-14(16,17)12-18-10-5-8(15)3-4-9(10)11(20)19(12)7-13;1-14(2)6-5-12-16-11-7-9(15)3-4-10(11)13(18)17(12)8-14;8-7-10-1-4-11(9,5-2-10)6-3-10;1-2-7-5-3-4-6-8-7;1-2;;2-1(3)4;/h3-5,7,9-11H,12-13H2,1-2H3;3-5H,6-7H2,1-2H3;3-4,7H,5-6,8H2,1-2H3;1-7H2;1,3-6H;1H3;1H4;;1H/q;;;+2;;;;;/p-1/i;;;;;1D;;;. The molecule has 0 unspecified atom stereocenters. The Morgan fingerprint density at radius 1 is 0.630 bits per heavy atom. The lowest BCUT2D eigenvalue weighted by atomic mass is 9.83. The fourth-order valence-corrected chi connectivity index (χ4v) is 12.3. The molecule has 0 saturated carbocycles. The summed E-state index contributed by atoms with van der Waals surface area (Å²) in [5, 5.41) is 1.39. The molecule has 0 atom stereocenters. The van der Waals surface area contributed by atoms with Crippen LogP contribution < -0.4 is 21.4 Å². The predicted molar refractivity (Wildman–Crippen MR) is 347 cm³/mol. The van der Waals surface area contributed by atoms with Crippen molar-refractivity contribution in [2.75, 3.05) is 52.4 Å². The van der Waals surface area contributed by atoms with E-state index >= 15 is 0 Å². The number of quaternary nitrogens is 2. The molecule has 3 fully saturated rings. The third-order valence-corrected chi connectivity index (χ3v) is 17.2. The van der Waals surface area contributed by atoms with Gasteiger partial charge >= 0.3 is 19.4 Å². The molecule has 0 radical (unpaired) electrons. The summed E-state index contributed by atoms with van der Waals surface area (Å²) in [6.07, 6.45) is 9.68. The Morgan fingerprint density at radius 3 is 1.47 bits per heavy atom. The van der Waals surface area contributed by atoms with Crippen molar-refractivity contribution in [3.05, 3.63) is 178 Å². The Bertz CT molecular complexity index is 4180. The van der Waals surface area contributed by atoms with Crippen LogP contribution in [0.2, 0.25) is 0 Å². The van der Waals surface area contributed by atoms with Gasteiger partial charge < -0.3 is 4.70 Å². The number of rotatable bonds is 1. The molecule has 6 aliphatic rings. The molecule has 2 bridgehead atoms. The summed E-state index contributed by atoms with van der Waals surface area (Å²) in [6, 6.07) is 27.0. The van der Waals surface area contributed by atoms with Gasteiger partial charge in [-0.25, -0.2) is 24.9 Å². The topological polar surface area (TPSA) is 130 Å². The molecule has 492 valence electrons. The number of terminal acetylenes is 1. The van der Waals surface area contributed by atoms with Crippen molar-refractivity contribution in [1.82, 2.24) is 38.6 Å². The summed E-state index contributed by atoms with van der Waals surface area (Å²) in [7, 11) is -4.67. The summed E-state index contributed by atoms with van der Waals surface area (Å²) in [4.78, 5) is 58.5. The SMILES string of the molecule is C.C#Cc1ccccn1.CC1(C)CCc2nc3cc(Br)ccc3c(=O)n2C1.CC1(C)Cn2c(nc3cc(Br)ccc3c2=O)C(F)(F)C1.CC1(C)Cn2c(nc3cc(C#Cc4ccccn4)ccc3c2=O)C(F)(F)C1.FB(F)F.F[N+]12CC[N+](CCl)(CC1)CC2.[2H]CF.[F-]. The van der Waals surface area contributed by atoms with Gasteiger partial charge in [0.2, 0.25) is 0 Å². The van der Waals surface area contributed by atoms with Crippen LogP contribution in [0.1, 0.15) is 104 Å². The second-order valence-electron chi connectivity index (χ2n) is 24.8. The molecule has 6 aliphatic heterocycles. The quantitative estimate of drug-likeness (QED) is 0.0302. The third-order valence-electron chi connectivity index (χ3n) is 15.7. The van der Waals surface area contributed by atoms with Crippen LogP contribution in [0.5, 0.6) is 0 Å². The van der Waals surface area contributed by atoms with E-state index in [4.69, 9.17) is 19.4 Å². The van der Waals surface area contributed by atoms with Crippen LogP contribution in [0.3, 0.4) is 0 Å². The van der Waals surface area contributed by atoms with Crippen molar-refractivity contribution in [2.24, 2.45) is 16.2 Å². The third kappa shape index (κ3) is 18.9. The van der Waals surface area contributed by atoms with E-state index in [1.807, 2.05) is 41.0 Å². The molecular formula is C65H71BBr2ClF10N10O3+. The summed E-state index contributed by atoms with van der Waals surface area (Å²) in [5.41, 5.74) is 1.33. The highest BCUT2D eigenvalue weighted by Crippen LogP contribution is 2.45. The molecule has 27 heteroatoms. The number of hydrogen-bond donors (Lipinski definition) is 0. The van der Waals surface area contributed by atoms with Gasteiger partial charge in [0.25, 0.3) is 16.7 Å². The smallest absolute Gasteiger partial charge is 0.762 e. The minimum Gasteiger partial charge on any atom is -1.00 e. The molecule has 0 aliphatic carbocycles. The minimum atomic E-state index is -3.67. The maximum atomic E-state index is 14.6. The van der Waals surface area contributed by atoms with Gasteiger partial charge in [0, 0.05) is 65.8 Å². The first-order chi connectivity index (χ1) is 42.7. The highest BCUT2D eigenvalue weighted by molar-refractivity contribution is 9.10. The first kappa shape index (κ1) is 74.1. The fraction of sp³-hybridized carbons (Fsp3) is 0.415. The molecule has 92 heavy (non-hydrogen) atoms. The molecule has 11 heterocycles. The zero-order chi connectivity index (χ0) is 66.9. The largest absolute Gasteiger partial charge is 1.00 e. The van der Waals surface area contributed by atoms with Crippen molar-refractivity contribution < 1.29 is 54.6 Å². The molecule has 5 aromatic heterocycles. The average Bonchev–Trinajstić information content (AvgIpc) is 0.758. The Hall–Kier alpha value is -6.97. The van der Waals surface area contributed by atoms with E-state index in [1.54, 1.807) is 94.7 Å². The number of fused-ring (bicyclic) bond motifs is 9. The highest BCUT2D eigenvalue weighted by atomic mass is 79.9. The first-order valence-electron chi connectivity index (χ1n) is 29.1. The van der Waals surface area contributed by atoms with Gasteiger partial charge in [-0.3, -0.25) is 49.9 Å². The van der Waals surface area contributed by atoms with E-state index in [2.05, 4.69) is 88.4 Å². The Morgan fingerprint density at radius 2 is 1.04 bits per heavy atom. The van der Waals surface area contributed by atoms with Gasteiger partial charge in [0.15, 0.2) is 37.3 Å². The molecule has 13 nitrogen and oxygen atoms in total. The van der Waals surface area contributed by atoms with Gasteiger partial charge in [-0.2, -0.15) is 17.6 Å². The van der Waals surface area contributed by atoms with Crippen LogP contribution in [0.15, 0.2) is 127 Å². The number of aromatic nitrogens is 8. The highest BCUT2D eigenvalue weighted by Gasteiger charge is 2.51. The zero-order valence-corrected chi connectivity index (χ0v) is 54.6. The maximum absolute atomic E-state index is 14.6. The Labute approximate surface area is 550 Å². The lowest BCUT2D eigenvalue weighted by molar-refractivity contribution is -1.15. The predicted octanol–water partition coefficient (Wildman–Crippen LogP) is 11.4. The molecule has 3 aromatic carbocycles. The van der Waals surface area contributed by atoms with E-state index < -0.39 is 60.1 Å². The molecular weight excluding hydrogens is 1360 g/mol. The number of aryl methyl sites for hydroxylation is 1. The van der Waals surface area contributed by atoms with Gasteiger partial charge in [-0.05, 0) is 112 Å². The number of alkyl halides is 6. The second kappa shape index (κ2) is 30.9. The number of benzene rings is 3. The van der Waals surface area contributed by atoms with Crippen LogP contribution in [0.4, 0.5) is 39.4 Å². The van der Waals surface area contributed by atoms with Crippen LogP contribution in [-0.2, 0) is 37.9 Å². The maximum Gasteiger partial charge on any atom is 0.762 e. The monoisotopic (exact) mass is 1430 g/mol. The lowest BCUT2D eigenvalue weighted by Gasteiger charge is -2.48. The summed E-state index contributed by atoms with van der Waals surface area (Å²) in [5.74, 6) is 2.06. The van der Waals surface area contributed by atoms with E-state index in [0.29, 0.717) is 68.7 Å². The molecule has 0 N–H and O–H groups in total. The zero-order valence-electron chi connectivity index (χ0n) is 51.7. The van der Waals surface area contributed by atoms with Gasteiger partial charge in [-0.15, -0.1) is 11.1 Å². The van der Waals surface area contributed by atoms with E-state index in [0.717, 1.165) is 68.5 Å². The second-order valence-corrected chi connectivity index (χ2v) is 26.9. The number of nitrogens with zero attached hydrogens (tertiary/aromatic N) is 10. The fourth-order valence-electron chi connectivity index (χ4n) is 11.3. The van der Waals surface area contributed by atoms with Crippen molar-refractivity contribution in [3.63, 3.8) is 0 Å². The summed E-state index contributed by atoms with van der Waals surface area (Å²) < 4.78 is 122. The van der Waals surface area contributed by atoms with Crippen LogP contribution >= 0.6 is 43.5 Å². The van der Waals surface area contributed by atoms with E-state index in [9.17, 15) is 53.8 Å². The minimum absolute atomic E-state index is 0. The van der Waals surface area contributed by atoms with Gasteiger partial charge in [-0.1, -0.05) is 116 Å².